The highest BCUT2D eigenvalue weighted by Crippen LogP contribution is 2.28. The van der Waals surface area contributed by atoms with Crippen LogP contribution in [0, 0.1) is 0 Å². The topological polar surface area (TPSA) is 224 Å². The first-order chi connectivity index (χ1) is 11.6. The van der Waals surface area contributed by atoms with Gasteiger partial charge in [0.25, 0.3) is 0 Å². The second-order valence-corrected chi connectivity index (χ2v) is 5.60. The molecule has 2 rings (SSSR count). The summed E-state index contributed by atoms with van der Waals surface area (Å²) in [7, 11) is 0. The van der Waals surface area contributed by atoms with Gasteiger partial charge in [-0.25, -0.2) is 9.59 Å². The molecule has 10 atom stereocenters. The Labute approximate surface area is 139 Å². The summed E-state index contributed by atoms with van der Waals surface area (Å²) in [6, 6.07) is 0. The summed E-state index contributed by atoms with van der Waals surface area (Å²) in [5.41, 5.74) is 0. The van der Waals surface area contributed by atoms with Gasteiger partial charge in [0, 0.05) is 0 Å². The third-order valence-corrected chi connectivity index (χ3v) is 3.91. The third-order valence-electron chi connectivity index (χ3n) is 3.91. The quantitative estimate of drug-likeness (QED) is 0.232. The fourth-order valence-electron chi connectivity index (χ4n) is 2.53. The van der Waals surface area contributed by atoms with Crippen molar-refractivity contribution in [1.82, 2.24) is 0 Å². The van der Waals surface area contributed by atoms with Crippen molar-refractivity contribution in [3.05, 3.63) is 0 Å². The van der Waals surface area contributed by atoms with Gasteiger partial charge in [0.1, 0.15) is 36.6 Å². The van der Waals surface area contributed by atoms with Crippen LogP contribution in [0.1, 0.15) is 0 Å². The Morgan fingerprint density at radius 2 is 1.20 bits per heavy atom. The van der Waals surface area contributed by atoms with Gasteiger partial charge in [0.15, 0.2) is 24.8 Å². The lowest BCUT2D eigenvalue weighted by Gasteiger charge is -2.44. The Morgan fingerprint density at radius 3 is 1.72 bits per heavy atom. The summed E-state index contributed by atoms with van der Waals surface area (Å²) in [6.07, 6.45) is -19.9. The first-order valence-corrected chi connectivity index (χ1v) is 7.06. The molecule has 2 heterocycles. The largest absolute Gasteiger partial charge is 0.479 e. The monoisotopic (exact) mass is 370 g/mol. The van der Waals surface area contributed by atoms with Gasteiger partial charge in [-0.2, -0.15) is 0 Å². The van der Waals surface area contributed by atoms with Crippen molar-refractivity contribution in [2.45, 2.75) is 61.4 Å². The molecule has 0 aromatic rings. The third kappa shape index (κ3) is 3.74. The van der Waals surface area contributed by atoms with Crippen molar-refractivity contribution in [1.29, 1.82) is 0 Å². The Balaban J connectivity index is 2.20. The Bertz CT molecular complexity index is 511. The maximum atomic E-state index is 11.0. The minimum atomic E-state index is -2.07. The predicted molar refractivity (Wildman–Crippen MR) is 69.7 cm³/mol. The number of carboxylic acid groups (broad SMARTS) is 2. The minimum Gasteiger partial charge on any atom is -0.479 e. The number of aliphatic hydroxyl groups excluding tert-OH is 6. The fraction of sp³-hybridized carbons (Fsp3) is 0.833. The number of carbonyl (C=O) groups is 2. The molecule has 0 radical (unpaired) electrons. The molecule has 0 spiro atoms. The predicted octanol–water partition coefficient (Wildman–Crippen LogP) is -5.21. The zero-order chi connectivity index (χ0) is 19.0. The van der Waals surface area contributed by atoms with Crippen molar-refractivity contribution in [2.75, 3.05) is 0 Å². The van der Waals surface area contributed by atoms with E-state index in [-0.39, 0.29) is 0 Å². The van der Waals surface area contributed by atoms with Gasteiger partial charge in [-0.3, -0.25) is 0 Å². The summed E-state index contributed by atoms with van der Waals surface area (Å²) >= 11 is 0. The zero-order valence-electron chi connectivity index (χ0n) is 12.4. The van der Waals surface area contributed by atoms with E-state index in [0.717, 1.165) is 0 Å². The summed E-state index contributed by atoms with van der Waals surface area (Å²) in [6.45, 7) is 0. The van der Waals surface area contributed by atoms with E-state index in [9.17, 15) is 40.2 Å². The Morgan fingerprint density at radius 1 is 0.680 bits per heavy atom. The maximum absolute atomic E-state index is 11.0. The molecule has 13 nitrogen and oxygen atoms in total. The van der Waals surface area contributed by atoms with Gasteiger partial charge >= 0.3 is 11.9 Å². The summed E-state index contributed by atoms with van der Waals surface area (Å²) in [4.78, 5) is 22.0. The van der Waals surface area contributed by atoms with Gasteiger partial charge in [0.05, 0.1) is 0 Å². The summed E-state index contributed by atoms with van der Waals surface area (Å²) in [5.74, 6) is -3.38. The smallest absolute Gasteiger partial charge is 0.335 e. The lowest BCUT2D eigenvalue weighted by molar-refractivity contribution is -0.348. The molecule has 0 saturated carbocycles. The van der Waals surface area contributed by atoms with E-state index in [1.165, 1.54) is 0 Å². The molecular weight excluding hydrogens is 352 g/mol. The number of hydrogen-bond donors (Lipinski definition) is 8. The van der Waals surface area contributed by atoms with Crippen LogP contribution in [0.25, 0.3) is 0 Å². The molecule has 0 bridgehead atoms. The van der Waals surface area contributed by atoms with E-state index in [1.54, 1.807) is 0 Å². The van der Waals surface area contributed by atoms with Crippen LogP contribution in [0.15, 0.2) is 0 Å². The van der Waals surface area contributed by atoms with Crippen molar-refractivity contribution in [3.8, 4) is 0 Å². The molecule has 0 aromatic heterocycles. The number of hydrogen-bond acceptors (Lipinski definition) is 11. The molecule has 8 N–H and O–H groups in total. The zero-order valence-corrected chi connectivity index (χ0v) is 12.4. The molecular formula is C12H18O13. The van der Waals surface area contributed by atoms with Crippen molar-refractivity contribution >= 4 is 11.9 Å². The van der Waals surface area contributed by atoms with Gasteiger partial charge in [-0.15, -0.1) is 0 Å². The normalized spacial score (nSPS) is 48.1. The number of carboxylic acids is 2. The highest BCUT2D eigenvalue weighted by atomic mass is 16.7. The highest BCUT2D eigenvalue weighted by Gasteiger charge is 2.53. The molecule has 144 valence electrons. The van der Waals surface area contributed by atoms with Crippen molar-refractivity contribution in [2.24, 2.45) is 0 Å². The van der Waals surface area contributed by atoms with Crippen LogP contribution in [0.2, 0.25) is 0 Å². The summed E-state index contributed by atoms with van der Waals surface area (Å²) in [5, 5.41) is 76.1. The van der Waals surface area contributed by atoms with Gasteiger partial charge < -0.3 is 55.1 Å². The second-order valence-electron chi connectivity index (χ2n) is 5.60. The van der Waals surface area contributed by atoms with E-state index < -0.39 is 73.4 Å². The van der Waals surface area contributed by atoms with Gasteiger partial charge in [-0.1, -0.05) is 0 Å². The van der Waals surface area contributed by atoms with E-state index in [0.29, 0.717) is 0 Å². The number of aliphatic carboxylic acids is 2. The average molecular weight is 370 g/mol. The first kappa shape index (κ1) is 19.9. The highest BCUT2D eigenvalue weighted by molar-refractivity contribution is 5.73. The maximum Gasteiger partial charge on any atom is 0.335 e. The average Bonchev–Trinajstić information content (AvgIpc) is 2.54. The standard InChI is InChI=1S/C12H18O13/c13-1-2(14)7(9(18)19)25-12(3(1)15)24-6-4(16)8(10(20)21)23-11(22)5(6)17/h1-8,11-17,22H,(H,18,19)(H,20,21)/t1-,2+,3+,4-,5-,6+,7+,8+,11-,12-/m1/s1. The van der Waals surface area contributed by atoms with Crippen LogP contribution < -0.4 is 0 Å². The molecule has 0 aliphatic carbocycles. The molecule has 2 aliphatic heterocycles. The van der Waals surface area contributed by atoms with Crippen molar-refractivity contribution < 1.29 is 64.7 Å². The van der Waals surface area contributed by atoms with Crippen LogP contribution >= 0.6 is 0 Å². The Kier molecular flexibility index (Phi) is 5.93. The summed E-state index contributed by atoms with van der Waals surface area (Å²) < 4.78 is 14.3. The van der Waals surface area contributed by atoms with Crippen LogP contribution in [0.5, 0.6) is 0 Å². The lowest BCUT2D eigenvalue weighted by atomic mass is 9.96. The van der Waals surface area contributed by atoms with E-state index in [4.69, 9.17) is 19.7 Å². The van der Waals surface area contributed by atoms with Crippen LogP contribution in [-0.4, -0.2) is 114 Å². The van der Waals surface area contributed by atoms with E-state index in [1.807, 2.05) is 0 Å². The number of rotatable bonds is 4. The molecule has 13 heteroatoms. The molecule has 0 unspecified atom stereocenters. The van der Waals surface area contributed by atoms with Gasteiger partial charge in [0.2, 0.25) is 0 Å². The molecule has 25 heavy (non-hydrogen) atoms. The van der Waals surface area contributed by atoms with Crippen LogP contribution in [0.4, 0.5) is 0 Å². The molecule has 2 aliphatic rings. The first-order valence-electron chi connectivity index (χ1n) is 7.06. The fourth-order valence-corrected chi connectivity index (χ4v) is 2.53. The molecule has 0 amide bonds. The second kappa shape index (κ2) is 7.45. The lowest BCUT2D eigenvalue weighted by Crippen LogP contribution is -2.65. The SMILES string of the molecule is O=C(O)[C@H]1O[C@@H](O)[C@H](O)[C@@H](O[C@@H]2O[C@H](C(=O)O)[C@@H](O)[C@@H](O)[C@@H]2O)[C@H]1O. The van der Waals surface area contributed by atoms with Crippen LogP contribution in [-0.2, 0) is 23.8 Å². The van der Waals surface area contributed by atoms with Crippen molar-refractivity contribution in [3.63, 3.8) is 0 Å². The molecule has 0 aromatic carbocycles. The molecule has 2 fully saturated rings. The Hall–Kier alpha value is -1.42. The minimum absolute atomic E-state index is 1.68. The van der Waals surface area contributed by atoms with E-state index in [2.05, 4.69) is 4.74 Å². The van der Waals surface area contributed by atoms with Crippen LogP contribution in [0.3, 0.4) is 0 Å². The van der Waals surface area contributed by atoms with E-state index >= 15 is 0 Å². The number of aliphatic hydroxyl groups is 6. The molecule has 2 saturated heterocycles. The van der Waals surface area contributed by atoms with Gasteiger partial charge in [-0.05, 0) is 0 Å². The number of ether oxygens (including phenoxy) is 3.